The van der Waals surface area contributed by atoms with Gasteiger partial charge in [-0.25, -0.2) is 0 Å². The van der Waals surface area contributed by atoms with E-state index in [0.29, 0.717) is 8.95 Å². The van der Waals surface area contributed by atoms with E-state index in [4.69, 9.17) is 0 Å². The molecule has 0 saturated carbocycles. The van der Waals surface area contributed by atoms with Gasteiger partial charge in [0.2, 0.25) is 0 Å². The molecule has 136 valence electrons. The molecule has 0 unspecified atom stereocenters. The lowest BCUT2D eigenvalue weighted by Crippen LogP contribution is -1.89. The summed E-state index contributed by atoms with van der Waals surface area (Å²) in [5, 5.41) is 29.0. The summed E-state index contributed by atoms with van der Waals surface area (Å²) in [5.41, 5.74) is 1.78. The van der Waals surface area contributed by atoms with Crippen molar-refractivity contribution in [3.63, 3.8) is 0 Å². The molecule has 0 spiro atoms. The van der Waals surface area contributed by atoms with Gasteiger partial charge in [-0.15, -0.1) is 0 Å². The Bertz CT molecular complexity index is 1050. The van der Waals surface area contributed by atoms with Gasteiger partial charge in [0.1, 0.15) is 11.5 Å². The van der Waals surface area contributed by atoms with Crippen LogP contribution in [0.2, 0.25) is 0 Å². The van der Waals surface area contributed by atoms with Gasteiger partial charge < -0.3 is 10.2 Å². The van der Waals surface area contributed by atoms with E-state index in [1.165, 1.54) is 0 Å². The van der Waals surface area contributed by atoms with Gasteiger partial charge in [0, 0.05) is 23.0 Å². The van der Waals surface area contributed by atoms with Crippen molar-refractivity contribution in [1.29, 1.82) is 0 Å². The van der Waals surface area contributed by atoms with Crippen LogP contribution in [0.25, 0.3) is 21.8 Å². The Morgan fingerprint density at radius 1 is 0.692 bits per heavy atom. The standard InChI is InChI=1S/2C8H6Br2N2O/c2*1-12-7-4(3-11-12)8(13)6(10)2-5(7)9/h2*2-3,13H,1H3. The topological polar surface area (TPSA) is 76.1 Å². The summed E-state index contributed by atoms with van der Waals surface area (Å²) in [7, 11) is 3.67. The summed E-state index contributed by atoms with van der Waals surface area (Å²) in [4.78, 5) is 0. The third-order valence-electron chi connectivity index (χ3n) is 3.80. The summed E-state index contributed by atoms with van der Waals surface area (Å²) in [5.74, 6) is 0.456. The number of aromatic hydroxyl groups is 2. The zero-order valence-corrected chi connectivity index (χ0v) is 19.8. The van der Waals surface area contributed by atoms with Gasteiger partial charge >= 0.3 is 0 Å². The molecule has 0 aliphatic rings. The molecule has 0 amide bonds. The molecule has 10 heteroatoms. The van der Waals surface area contributed by atoms with Crippen molar-refractivity contribution < 1.29 is 10.2 Å². The van der Waals surface area contributed by atoms with Crippen molar-refractivity contribution in [2.45, 2.75) is 0 Å². The molecule has 0 aliphatic heterocycles. The van der Waals surface area contributed by atoms with Crippen molar-refractivity contribution in [2.24, 2.45) is 14.1 Å². The summed E-state index contributed by atoms with van der Waals surface area (Å²) in [6, 6.07) is 3.61. The minimum absolute atomic E-state index is 0.228. The van der Waals surface area contributed by atoms with Gasteiger partial charge in [-0.2, -0.15) is 10.2 Å². The lowest BCUT2D eigenvalue weighted by molar-refractivity contribution is 0.477. The van der Waals surface area contributed by atoms with Crippen LogP contribution < -0.4 is 0 Å². The summed E-state index contributed by atoms with van der Waals surface area (Å²) >= 11 is 13.3. The van der Waals surface area contributed by atoms with Crippen molar-refractivity contribution in [3.05, 3.63) is 42.4 Å². The lowest BCUT2D eigenvalue weighted by atomic mass is 10.2. The highest BCUT2D eigenvalue weighted by atomic mass is 79.9. The first-order chi connectivity index (χ1) is 12.2. The molecular weight excluding hydrogens is 600 g/mol. The third-order valence-corrected chi connectivity index (χ3v) is 6.22. The first kappa shape index (κ1) is 19.7. The number of hydrogen-bond donors (Lipinski definition) is 2. The van der Waals surface area contributed by atoms with Crippen molar-refractivity contribution in [1.82, 2.24) is 19.6 Å². The molecule has 2 heterocycles. The molecule has 0 aliphatic carbocycles. The summed E-state index contributed by atoms with van der Waals surface area (Å²) in [6.45, 7) is 0. The Balaban J connectivity index is 0.000000151. The Hall–Kier alpha value is -1.10. The van der Waals surface area contributed by atoms with Crippen LogP contribution >= 0.6 is 63.7 Å². The van der Waals surface area contributed by atoms with E-state index in [0.717, 1.165) is 30.8 Å². The maximum Gasteiger partial charge on any atom is 0.140 e. The number of benzene rings is 2. The van der Waals surface area contributed by atoms with Crippen molar-refractivity contribution >= 4 is 85.5 Å². The molecule has 26 heavy (non-hydrogen) atoms. The smallest absolute Gasteiger partial charge is 0.140 e. The van der Waals surface area contributed by atoms with Crippen molar-refractivity contribution in [2.75, 3.05) is 0 Å². The Morgan fingerprint density at radius 3 is 1.38 bits per heavy atom. The average molecular weight is 612 g/mol. The highest BCUT2D eigenvalue weighted by Gasteiger charge is 2.12. The second-order valence-electron chi connectivity index (χ2n) is 5.44. The van der Waals surface area contributed by atoms with Gasteiger partial charge in [0.05, 0.1) is 43.1 Å². The average Bonchev–Trinajstić information content (AvgIpc) is 3.15. The molecule has 4 aromatic rings. The molecule has 6 nitrogen and oxygen atoms in total. The van der Waals surface area contributed by atoms with Crippen LogP contribution in [0.15, 0.2) is 42.4 Å². The van der Waals surface area contributed by atoms with Crippen LogP contribution in [0.5, 0.6) is 11.5 Å². The first-order valence-electron chi connectivity index (χ1n) is 7.19. The molecule has 2 N–H and O–H groups in total. The van der Waals surface area contributed by atoms with Gasteiger partial charge in [-0.3, -0.25) is 9.36 Å². The van der Waals surface area contributed by atoms with E-state index in [9.17, 15) is 10.2 Å². The maximum atomic E-state index is 9.67. The van der Waals surface area contributed by atoms with Gasteiger partial charge in [0.25, 0.3) is 0 Å². The number of halogens is 4. The summed E-state index contributed by atoms with van der Waals surface area (Å²) < 4.78 is 6.58. The number of hydrogen-bond acceptors (Lipinski definition) is 4. The quantitative estimate of drug-likeness (QED) is 0.271. The van der Waals surface area contributed by atoms with E-state index in [-0.39, 0.29) is 11.5 Å². The molecule has 4 rings (SSSR count). The van der Waals surface area contributed by atoms with E-state index in [1.54, 1.807) is 33.9 Å². The number of phenols is 2. The highest BCUT2D eigenvalue weighted by Crippen LogP contribution is 2.38. The number of aromatic nitrogens is 4. The fourth-order valence-electron chi connectivity index (χ4n) is 2.54. The molecule has 0 fully saturated rings. The van der Waals surface area contributed by atoms with Gasteiger partial charge in [0.15, 0.2) is 0 Å². The predicted octanol–water partition coefficient (Wildman–Crippen LogP) is 5.61. The number of aryl methyl sites for hydroxylation is 2. The third kappa shape index (κ3) is 3.39. The monoisotopic (exact) mass is 608 g/mol. The van der Waals surface area contributed by atoms with E-state index < -0.39 is 0 Å². The normalized spacial score (nSPS) is 11.0. The van der Waals surface area contributed by atoms with Crippen LogP contribution in [0.3, 0.4) is 0 Å². The van der Waals surface area contributed by atoms with Crippen molar-refractivity contribution in [3.8, 4) is 11.5 Å². The first-order valence-corrected chi connectivity index (χ1v) is 10.4. The Morgan fingerprint density at radius 2 is 1.04 bits per heavy atom. The van der Waals surface area contributed by atoms with Gasteiger partial charge in [-0.1, -0.05) is 0 Å². The summed E-state index contributed by atoms with van der Waals surface area (Å²) in [6.07, 6.45) is 3.28. The largest absolute Gasteiger partial charge is 0.506 e. The molecule has 0 saturated heterocycles. The maximum absolute atomic E-state index is 9.67. The molecule has 0 radical (unpaired) electrons. The number of nitrogens with zero attached hydrogens (tertiary/aromatic N) is 4. The molecular formula is C16H12Br4N4O2. The fraction of sp³-hybridized carbons (Fsp3) is 0.125. The molecule has 0 bridgehead atoms. The lowest BCUT2D eigenvalue weighted by Gasteiger charge is -2.02. The number of fused-ring (bicyclic) bond motifs is 2. The second kappa shape index (κ2) is 7.49. The van der Waals surface area contributed by atoms with E-state index in [2.05, 4.69) is 73.9 Å². The van der Waals surface area contributed by atoms with Gasteiger partial charge in [-0.05, 0) is 75.9 Å². The Labute approximate surface area is 182 Å². The fourth-order valence-corrected chi connectivity index (χ4v) is 5.44. The van der Waals surface area contributed by atoms with E-state index >= 15 is 0 Å². The predicted molar refractivity (Wildman–Crippen MR) is 116 cm³/mol. The number of rotatable bonds is 0. The highest BCUT2D eigenvalue weighted by molar-refractivity contribution is 9.11. The molecule has 0 atom stereocenters. The van der Waals surface area contributed by atoms with Crippen LogP contribution in [0.4, 0.5) is 0 Å². The SMILES string of the molecule is Cn1ncc2c(O)c(Br)cc(Br)c21.Cn1ncc2c(O)c(Br)cc(Br)c21. The van der Waals surface area contributed by atoms with Crippen LogP contribution in [0.1, 0.15) is 0 Å². The van der Waals surface area contributed by atoms with Crippen LogP contribution in [-0.4, -0.2) is 29.8 Å². The Kier molecular flexibility index (Phi) is 5.66. The van der Waals surface area contributed by atoms with Crippen LogP contribution in [-0.2, 0) is 14.1 Å². The zero-order valence-electron chi connectivity index (χ0n) is 13.5. The van der Waals surface area contributed by atoms with E-state index in [1.807, 2.05) is 14.1 Å². The minimum atomic E-state index is 0.228. The minimum Gasteiger partial charge on any atom is -0.506 e. The molecule has 2 aromatic heterocycles. The second-order valence-corrected chi connectivity index (χ2v) is 8.86. The number of phenolic OH excluding ortho intramolecular Hbond substituents is 2. The zero-order chi connectivity index (χ0) is 19.2. The molecule has 2 aromatic carbocycles. The van der Waals surface area contributed by atoms with Crippen LogP contribution in [0, 0.1) is 0 Å².